The highest BCUT2D eigenvalue weighted by molar-refractivity contribution is 7.86. The van der Waals surface area contributed by atoms with Crippen molar-refractivity contribution >= 4 is 108 Å². The summed E-state index contributed by atoms with van der Waals surface area (Å²) in [5.41, 5.74) is -0.289. The van der Waals surface area contributed by atoms with Crippen molar-refractivity contribution in [1.29, 1.82) is 0 Å². The zero-order chi connectivity index (χ0) is 59.1. The van der Waals surface area contributed by atoms with E-state index in [0.29, 0.717) is 34.0 Å². The number of benzene rings is 4. The molecule has 0 spiro atoms. The van der Waals surface area contributed by atoms with Gasteiger partial charge in [0.2, 0.25) is 10.0 Å². The number of carbonyl (C=O) groups excluding carboxylic acids is 3. The fraction of sp³-hybridized carbons (Fsp3) is 0.173. The first-order chi connectivity index (χ1) is 38.3. The molecule has 81 heavy (non-hydrogen) atoms. The summed E-state index contributed by atoms with van der Waals surface area (Å²) in [6, 6.07) is 36.9. The summed E-state index contributed by atoms with van der Waals surface area (Å²) >= 11 is 3.92. The van der Waals surface area contributed by atoms with Crippen molar-refractivity contribution in [2.24, 2.45) is 0 Å². The lowest BCUT2D eigenvalue weighted by molar-refractivity contribution is -0.597. The number of thiazole rings is 2. The smallest absolute Gasteiger partial charge is 0.485 e. The van der Waals surface area contributed by atoms with Gasteiger partial charge >= 0.3 is 53.9 Å². The topological polar surface area (TPSA) is 266 Å². The molecule has 0 aliphatic rings. The first-order valence-electron chi connectivity index (χ1n) is 23.2. The molecule has 9 aromatic rings. The molecule has 19 nitrogen and oxygen atoms in total. The minimum absolute atomic E-state index is 0.0809. The van der Waals surface area contributed by atoms with E-state index in [4.69, 9.17) is 22.4 Å². The Bertz CT molecular complexity index is 3800. The zero-order valence-corrected chi connectivity index (χ0v) is 51.7. The SMILES string of the molecule is CCOCOc1ccc2nc(NC(=O)c3ccc([I+]c4ccc(N(C)C(=O)N(C)C)cc4)cn3)sc2c1.Cc1ccc(S(=O)(=O)[O-])cc1.Cc1ccc2nc(NC(=O)c3ccc([I+]c4cccs4)cn3)sc2c1.O=S(=O)([O-])C(F)(F)F. The van der Waals surface area contributed by atoms with Crippen LogP contribution in [0.2, 0.25) is 0 Å². The highest BCUT2D eigenvalue weighted by Crippen LogP contribution is 2.30. The Morgan fingerprint density at radius 1 is 0.679 bits per heavy atom. The number of alkyl halides is 3. The quantitative estimate of drug-likeness (QED) is 0.0513. The fourth-order valence-electron chi connectivity index (χ4n) is 6.17. The molecule has 0 saturated heterocycles. The van der Waals surface area contributed by atoms with Gasteiger partial charge in [0, 0.05) is 39.5 Å². The molecule has 0 fully saturated rings. The van der Waals surface area contributed by atoms with Crippen LogP contribution in [0.5, 0.6) is 5.75 Å². The van der Waals surface area contributed by atoms with Crippen LogP contribution in [0, 0.1) is 27.4 Å². The Labute approximate surface area is 496 Å². The van der Waals surface area contributed by atoms with Crippen LogP contribution >= 0.6 is 34.0 Å². The van der Waals surface area contributed by atoms with Crippen molar-refractivity contribution in [2.45, 2.75) is 31.2 Å². The fourth-order valence-corrected chi connectivity index (χ4v) is 14.1. The summed E-state index contributed by atoms with van der Waals surface area (Å²) in [6.45, 7) is 6.54. The van der Waals surface area contributed by atoms with Gasteiger partial charge in [-0.2, -0.15) is 13.2 Å². The third-order valence-corrected chi connectivity index (χ3v) is 20.1. The number of aryl methyl sites for hydroxylation is 2. The number of hydrogen-bond donors (Lipinski definition) is 2. The summed E-state index contributed by atoms with van der Waals surface area (Å²) < 4.78 is 108. The number of thiophene rings is 1. The number of halogens is 5. The van der Waals surface area contributed by atoms with Crippen LogP contribution in [0.1, 0.15) is 39.0 Å². The number of amides is 4. The van der Waals surface area contributed by atoms with E-state index in [2.05, 4.69) is 54.1 Å². The average molecular weight is 1430 g/mol. The second kappa shape index (κ2) is 29.1. The van der Waals surface area contributed by atoms with Crippen LogP contribution in [0.3, 0.4) is 0 Å². The van der Waals surface area contributed by atoms with Gasteiger partial charge in [0.15, 0.2) is 30.7 Å². The van der Waals surface area contributed by atoms with Gasteiger partial charge < -0.3 is 23.5 Å². The highest BCUT2D eigenvalue weighted by Gasteiger charge is 2.37. The molecule has 426 valence electrons. The monoisotopic (exact) mass is 1430 g/mol. The van der Waals surface area contributed by atoms with Crippen molar-refractivity contribution in [2.75, 3.05) is 50.1 Å². The number of pyridine rings is 2. The molecule has 0 radical (unpaired) electrons. The second-order valence-electron chi connectivity index (χ2n) is 16.5. The van der Waals surface area contributed by atoms with Gasteiger partial charge in [0.05, 0.1) is 37.7 Å². The van der Waals surface area contributed by atoms with E-state index >= 15 is 0 Å². The zero-order valence-electron chi connectivity index (χ0n) is 43.3. The molecule has 4 amide bonds. The van der Waals surface area contributed by atoms with Crippen molar-refractivity contribution in [3.8, 4) is 5.75 Å². The van der Waals surface area contributed by atoms with E-state index in [-0.39, 0.29) is 50.7 Å². The van der Waals surface area contributed by atoms with Crippen LogP contribution in [0.15, 0.2) is 144 Å². The Morgan fingerprint density at radius 2 is 1.20 bits per heavy atom. The Morgan fingerprint density at radius 3 is 1.68 bits per heavy atom. The number of aromatic nitrogens is 4. The predicted molar refractivity (Wildman–Crippen MR) is 293 cm³/mol. The maximum absolute atomic E-state index is 12.7. The molecule has 0 aliphatic heterocycles. The molecular weight excluding hydrogens is 1380 g/mol. The molecule has 5 aromatic heterocycles. The molecule has 0 unspecified atom stereocenters. The van der Waals surface area contributed by atoms with Gasteiger partial charge in [-0.1, -0.05) is 57.8 Å². The molecule has 4 aromatic carbocycles. The number of ether oxygens (including phenoxy) is 2. The molecule has 0 bridgehead atoms. The van der Waals surface area contributed by atoms with Crippen LogP contribution in [-0.4, -0.2) is 109 Å². The van der Waals surface area contributed by atoms with E-state index in [0.717, 1.165) is 35.3 Å². The minimum Gasteiger partial charge on any atom is -0.744 e. The van der Waals surface area contributed by atoms with E-state index < -0.39 is 46.9 Å². The van der Waals surface area contributed by atoms with Gasteiger partial charge in [0.1, 0.15) is 27.3 Å². The van der Waals surface area contributed by atoms with Crippen molar-refractivity contribution in [3.05, 3.63) is 175 Å². The molecule has 29 heteroatoms. The summed E-state index contributed by atoms with van der Waals surface area (Å²) in [6.07, 6.45) is 3.56. The maximum Gasteiger partial charge on any atom is 0.485 e. The van der Waals surface area contributed by atoms with Crippen LogP contribution < -0.4 is 62.7 Å². The number of nitrogens with one attached hydrogen (secondary N) is 2. The summed E-state index contributed by atoms with van der Waals surface area (Å²) in [5.74, 6) is 0.151. The van der Waals surface area contributed by atoms with Crippen molar-refractivity contribution < 1.29 is 105 Å². The summed E-state index contributed by atoms with van der Waals surface area (Å²) in [4.78, 5) is 57.8. The molecule has 0 saturated carbocycles. The van der Waals surface area contributed by atoms with E-state index in [1.54, 1.807) is 67.8 Å². The molecule has 9 rings (SSSR count). The summed E-state index contributed by atoms with van der Waals surface area (Å²) in [5, 5.41) is 8.87. The number of hydrogen-bond acceptors (Lipinski definition) is 18. The third kappa shape index (κ3) is 19.7. The van der Waals surface area contributed by atoms with E-state index in [1.165, 1.54) is 55.3 Å². The number of urea groups is 1. The number of nitrogens with zero attached hydrogens (tertiary/aromatic N) is 6. The number of carbonyl (C=O) groups is 3. The first kappa shape index (κ1) is 63.9. The standard InChI is InChI=1S/C26H26IN5O4S.C18H12IN3OS2.C7H8O3S.CHF3O3S/c1-5-35-16-36-20-11-13-21-23(14-20)37-25(29-21)30-24(33)22-12-8-18(15-28-22)27-17-6-9-19(10-7-17)32(4)26(34)31(2)3;1-11-4-6-13-15(9-11)25-18(21-13)22-17(23)14-7-5-12(10-20-14)19-16-3-2-8-24-16;1-6-2-4-7(5-3-6)11(8,9)10;2-1(3,4)8(5,6)7/h6-15H,5,16H2,1-4H3;2-10H,1H3;2-5H,1H3,(H,8,9,10);(H,5,6,7). The molecular formula is C52H47F3I2N8O11S5. The molecule has 2 N–H and O–H groups in total. The molecule has 0 aliphatic carbocycles. The van der Waals surface area contributed by atoms with E-state index in [1.807, 2.05) is 93.7 Å². The summed E-state index contributed by atoms with van der Waals surface area (Å²) in [7, 11) is -5.15. The Balaban J connectivity index is 0.000000204. The number of rotatable bonds is 14. The Kier molecular flexibility index (Phi) is 22.9. The molecule has 5 heterocycles. The van der Waals surface area contributed by atoms with Crippen LogP contribution in [0.4, 0.5) is 33.9 Å². The van der Waals surface area contributed by atoms with E-state index in [9.17, 15) is 40.5 Å². The second-order valence-corrected chi connectivity index (χ2v) is 29.0. The highest BCUT2D eigenvalue weighted by atomic mass is 127. The lowest BCUT2D eigenvalue weighted by atomic mass is 10.2. The Hall–Kier alpha value is -6.30. The van der Waals surface area contributed by atoms with Crippen LogP contribution in [-0.2, 0) is 25.0 Å². The normalized spacial score (nSPS) is 11.2. The largest absolute Gasteiger partial charge is 0.744 e. The van der Waals surface area contributed by atoms with Gasteiger partial charge in [-0.05, 0) is 129 Å². The lowest BCUT2D eigenvalue weighted by Gasteiger charge is -2.21. The third-order valence-electron chi connectivity index (χ3n) is 10.2. The molecule has 0 atom stereocenters. The van der Waals surface area contributed by atoms with Gasteiger partial charge in [-0.25, -0.2) is 41.6 Å². The number of fused-ring (bicyclic) bond motifs is 2. The maximum atomic E-state index is 12.7. The van der Waals surface area contributed by atoms with Crippen LogP contribution in [0.25, 0.3) is 20.4 Å². The first-order valence-corrected chi connectivity index (χ1v) is 32.9. The predicted octanol–water partition coefficient (Wildman–Crippen LogP) is 3.96. The lowest BCUT2D eigenvalue weighted by Crippen LogP contribution is -3.61. The minimum atomic E-state index is -6.09. The van der Waals surface area contributed by atoms with Gasteiger partial charge in [-0.15, -0.1) is 0 Å². The van der Waals surface area contributed by atoms with Gasteiger partial charge in [-0.3, -0.25) is 25.1 Å². The van der Waals surface area contributed by atoms with Crippen molar-refractivity contribution in [1.82, 2.24) is 24.8 Å². The number of anilines is 3. The van der Waals surface area contributed by atoms with Gasteiger partial charge in [0.25, 0.3) is 11.8 Å². The van der Waals surface area contributed by atoms with Crippen molar-refractivity contribution in [3.63, 3.8) is 0 Å². The average Bonchev–Trinajstić information content (AvgIpc) is 4.30.